The highest BCUT2D eigenvalue weighted by atomic mass is 16.4. The lowest BCUT2D eigenvalue weighted by Gasteiger charge is -2.22. The number of aliphatic carboxylic acids is 1. The number of aryl methyl sites for hydroxylation is 1. The van der Waals surface area contributed by atoms with Gasteiger partial charge >= 0.3 is 5.97 Å². The Kier molecular flexibility index (Phi) is 3.74. The molecule has 0 spiro atoms. The Morgan fingerprint density at radius 3 is 3.06 bits per heavy atom. The second-order valence-electron chi connectivity index (χ2n) is 4.67. The van der Waals surface area contributed by atoms with Gasteiger partial charge < -0.3 is 5.11 Å². The van der Waals surface area contributed by atoms with E-state index in [1.165, 1.54) is 0 Å². The average molecular weight is 234 g/mol. The molecule has 1 aromatic rings. The molecule has 2 rings (SSSR count). The SMILES string of the molecule is Cc1ccc(CN2CCCC2CC(=O)O)cn1. The van der Waals surface area contributed by atoms with Gasteiger partial charge in [-0.05, 0) is 37.9 Å². The van der Waals surface area contributed by atoms with Gasteiger partial charge in [0.05, 0.1) is 6.42 Å². The second kappa shape index (κ2) is 5.27. The Morgan fingerprint density at radius 1 is 1.59 bits per heavy atom. The van der Waals surface area contributed by atoms with Crippen molar-refractivity contribution in [3.8, 4) is 0 Å². The van der Waals surface area contributed by atoms with Crippen LogP contribution >= 0.6 is 0 Å². The van der Waals surface area contributed by atoms with Crippen LogP contribution in [0, 0.1) is 6.92 Å². The number of rotatable bonds is 4. The van der Waals surface area contributed by atoms with E-state index in [1.54, 1.807) is 0 Å². The van der Waals surface area contributed by atoms with E-state index in [9.17, 15) is 4.79 Å². The summed E-state index contributed by atoms with van der Waals surface area (Å²) in [6, 6.07) is 4.25. The van der Waals surface area contributed by atoms with Crippen LogP contribution in [-0.2, 0) is 11.3 Å². The first-order valence-corrected chi connectivity index (χ1v) is 6.02. The zero-order valence-electron chi connectivity index (χ0n) is 10.1. The summed E-state index contributed by atoms with van der Waals surface area (Å²) < 4.78 is 0. The molecule has 92 valence electrons. The molecule has 17 heavy (non-hydrogen) atoms. The molecule has 1 N–H and O–H groups in total. The number of likely N-dealkylation sites (tertiary alicyclic amines) is 1. The first kappa shape index (κ1) is 12.0. The van der Waals surface area contributed by atoms with Gasteiger partial charge in [-0.25, -0.2) is 0 Å². The minimum absolute atomic E-state index is 0.189. The molecule has 0 saturated carbocycles. The average Bonchev–Trinajstić information content (AvgIpc) is 2.68. The van der Waals surface area contributed by atoms with Crippen LogP contribution < -0.4 is 0 Å². The van der Waals surface area contributed by atoms with E-state index in [0.717, 1.165) is 37.2 Å². The maximum absolute atomic E-state index is 10.8. The molecule has 1 fully saturated rings. The lowest BCUT2D eigenvalue weighted by atomic mass is 10.1. The van der Waals surface area contributed by atoms with Gasteiger partial charge in [0.2, 0.25) is 0 Å². The molecule has 1 aliphatic heterocycles. The smallest absolute Gasteiger partial charge is 0.304 e. The number of aromatic nitrogens is 1. The number of hydrogen-bond acceptors (Lipinski definition) is 3. The Labute approximate surface area is 101 Å². The van der Waals surface area contributed by atoms with Crippen LogP contribution in [0.25, 0.3) is 0 Å². The van der Waals surface area contributed by atoms with Crippen molar-refractivity contribution in [2.75, 3.05) is 6.54 Å². The molecule has 1 unspecified atom stereocenters. The Balaban J connectivity index is 1.97. The second-order valence-corrected chi connectivity index (χ2v) is 4.67. The molecule has 0 aromatic carbocycles. The fourth-order valence-corrected chi connectivity index (χ4v) is 2.36. The van der Waals surface area contributed by atoms with Crippen molar-refractivity contribution in [3.05, 3.63) is 29.6 Å². The third kappa shape index (κ3) is 3.27. The Morgan fingerprint density at radius 2 is 2.41 bits per heavy atom. The van der Waals surface area contributed by atoms with E-state index in [4.69, 9.17) is 5.11 Å². The molecule has 0 amide bonds. The highest BCUT2D eigenvalue weighted by Gasteiger charge is 2.26. The van der Waals surface area contributed by atoms with Gasteiger partial charge in [-0.3, -0.25) is 14.7 Å². The van der Waals surface area contributed by atoms with Crippen molar-refractivity contribution in [2.24, 2.45) is 0 Å². The quantitative estimate of drug-likeness (QED) is 0.863. The molecule has 0 radical (unpaired) electrons. The van der Waals surface area contributed by atoms with E-state index in [-0.39, 0.29) is 12.5 Å². The highest BCUT2D eigenvalue weighted by molar-refractivity contribution is 5.67. The summed E-state index contributed by atoms with van der Waals surface area (Å²) in [5, 5.41) is 8.86. The molecule has 1 aromatic heterocycles. The number of carboxylic acids is 1. The summed E-state index contributed by atoms with van der Waals surface area (Å²) in [5.74, 6) is -0.705. The third-order valence-electron chi connectivity index (χ3n) is 3.27. The molecular formula is C13H18N2O2. The van der Waals surface area contributed by atoms with Crippen LogP contribution in [0.1, 0.15) is 30.5 Å². The van der Waals surface area contributed by atoms with Crippen LogP contribution in [0.15, 0.2) is 18.3 Å². The number of nitrogens with zero attached hydrogens (tertiary/aromatic N) is 2. The Bertz CT molecular complexity index is 389. The summed E-state index contributed by atoms with van der Waals surface area (Å²) in [4.78, 5) is 17.3. The van der Waals surface area contributed by atoms with E-state index in [1.807, 2.05) is 19.2 Å². The van der Waals surface area contributed by atoms with Gasteiger partial charge in [-0.1, -0.05) is 6.07 Å². The zero-order valence-corrected chi connectivity index (χ0v) is 10.1. The molecule has 2 heterocycles. The van der Waals surface area contributed by atoms with E-state index in [2.05, 4.69) is 16.0 Å². The van der Waals surface area contributed by atoms with Gasteiger partial charge in [0.15, 0.2) is 0 Å². The fourth-order valence-electron chi connectivity index (χ4n) is 2.36. The molecular weight excluding hydrogens is 216 g/mol. The largest absolute Gasteiger partial charge is 0.481 e. The molecule has 0 aliphatic carbocycles. The predicted octanol–water partition coefficient (Wildman–Crippen LogP) is 1.83. The topological polar surface area (TPSA) is 53.4 Å². The standard InChI is InChI=1S/C13H18N2O2/c1-10-4-5-11(8-14-10)9-15-6-2-3-12(15)7-13(16)17/h4-5,8,12H,2-3,6-7,9H2,1H3,(H,16,17). The zero-order chi connectivity index (χ0) is 12.3. The van der Waals surface area contributed by atoms with Crippen LogP contribution in [0.3, 0.4) is 0 Å². The summed E-state index contributed by atoms with van der Waals surface area (Å²) in [5.41, 5.74) is 2.17. The van der Waals surface area contributed by atoms with Crippen LogP contribution in [0.4, 0.5) is 0 Å². The molecule has 0 bridgehead atoms. The van der Waals surface area contributed by atoms with Gasteiger partial charge in [-0.15, -0.1) is 0 Å². The van der Waals surface area contributed by atoms with E-state index >= 15 is 0 Å². The number of hydrogen-bond donors (Lipinski definition) is 1. The van der Waals surface area contributed by atoms with Crippen molar-refractivity contribution >= 4 is 5.97 Å². The monoisotopic (exact) mass is 234 g/mol. The van der Waals surface area contributed by atoms with Gasteiger partial charge in [-0.2, -0.15) is 0 Å². The van der Waals surface area contributed by atoms with Crippen LogP contribution in [0.5, 0.6) is 0 Å². The normalized spacial score (nSPS) is 20.6. The molecule has 1 saturated heterocycles. The molecule has 1 atom stereocenters. The first-order valence-electron chi connectivity index (χ1n) is 6.02. The van der Waals surface area contributed by atoms with Crippen molar-refractivity contribution in [1.29, 1.82) is 0 Å². The predicted molar refractivity (Wildman–Crippen MR) is 64.7 cm³/mol. The maximum atomic E-state index is 10.8. The summed E-state index contributed by atoms with van der Waals surface area (Å²) in [7, 11) is 0. The first-order chi connectivity index (χ1) is 8.15. The van der Waals surface area contributed by atoms with Crippen molar-refractivity contribution in [3.63, 3.8) is 0 Å². The molecule has 4 nitrogen and oxygen atoms in total. The van der Waals surface area contributed by atoms with Crippen molar-refractivity contribution in [1.82, 2.24) is 9.88 Å². The minimum Gasteiger partial charge on any atom is -0.481 e. The number of carbonyl (C=O) groups is 1. The molecule has 4 heteroatoms. The summed E-state index contributed by atoms with van der Waals surface area (Å²) in [6.07, 6.45) is 4.22. The van der Waals surface area contributed by atoms with Crippen molar-refractivity contribution in [2.45, 2.75) is 38.8 Å². The maximum Gasteiger partial charge on any atom is 0.304 e. The van der Waals surface area contributed by atoms with Gasteiger partial charge in [0, 0.05) is 24.5 Å². The van der Waals surface area contributed by atoms with Gasteiger partial charge in [0.1, 0.15) is 0 Å². The number of pyridine rings is 1. The van der Waals surface area contributed by atoms with Crippen LogP contribution in [-0.4, -0.2) is 33.5 Å². The minimum atomic E-state index is -0.705. The Hall–Kier alpha value is -1.42. The number of carboxylic acid groups (broad SMARTS) is 1. The third-order valence-corrected chi connectivity index (χ3v) is 3.27. The van der Waals surface area contributed by atoms with Crippen molar-refractivity contribution < 1.29 is 9.90 Å². The lowest BCUT2D eigenvalue weighted by Crippen LogP contribution is -2.30. The highest BCUT2D eigenvalue weighted by Crippen LogP contribution is 2.22. The summed E-state index contributed by atoms with van der Waals surface area (Å²) >= 11 is 0. The summed E-state index contributed by atoms with van der Waals surface area (Å²) in [6.45, 7) is 3.77. The van der Waals surface area contributed by atoms with E-state index < -0.39 is 5.97 Å². The molecule has 1 aliphatic rings. The lowest BCUT2D eigenvalue weighted by molar-refractivity contribution is -0.138. The fraction of sp³-hybridized carbons (Fsp3) is 0.538. The van der Waals surface area contributed by atoms with Crippen LogP contribution in [0.2, 0.25) is 0 Å². The van der Waals surface area contributed by atoms with Gasteiger partial charge in [0.25, 0.3) is 0 Å². The van der Waals surface area contributed by atoms with E-state index in [0.29, 0.717) is 0 Å².